The fourth-order valence-corrected chi connectivity index (χ4v) is 3.19. The monoisotopic (exact) mass is 469 g/mol. The van der Waals surface area contributed by atoms with Crippen LogP contribution in [0.5, 0.6) is 23.0 Å². The predicted molar refractivity (Wildman–Crippen MR) is 134 cm³/mol. The van der Waals surface area contributed by atoms with Gasteiger partial charge in [0.05, 0.1) is 7.11 Å². The highest BCUT2D eigenvalue weighted by Crippen LogP contribution is 2.29. The van der Waals surface area contributed by atoms with Gasteiger partial charge in [-0.25, -0.2) is 0 Å². The zero-order valence-corrected chi connectivity index (χ0v) is 20.4. The number of aliphatic hydroxyl groups is 1. The molecule has 0 aromatic heterocycles. The maximum Gasteiger partial charge on any atom is 0.308 e. The Morgan fingerprint density at radius 1 is 1.09 bits per heavy atom. The Morgan fingerprint density at radius 3 is 2.41 bits per heavy atom. The second-order valence-corrected chi connectivity index (χ2v) is 7.97. The van der Waals surface area contributed by atoms with Crippen molar-refractivity contribution in [2.45, 2.75) is 32.9 Å². The molecule has 184 valence electrons. The number of benzene rings is 2. The van der Waals surface area contributed by atoms with Gasteiger partial charge in [-0.3, -0.25) is 9.69 Å². The summed E-state index contributed by atoms with van der Waals surface area (Å²) in [5.74, 6) is 1.68. The van der Waals surface area contributed by atoms with E-state index in [4.69, 9.17) is 18.9 Å². The zero-order chi connectivity index (χ0) is 24.9. The highest BCUT2D eigenvalue weighted by Gasteiger charge is 2.15. The molecule has 7 nitrogen and oxygen atoms in total. The molecule has 2 aromatic rings. The van der Waals surface area contributed by atoms with Crippen LogP contribution in [0.15, 0.2) is 61.2 Å². The number of rotatable bonds is 14. The smallest absolute Gasteiger partial charge is 0.308 e. The number of hydrogen-bond acceptors (Lipinski definition) is 7. The Balaban J connectivity index is 1.94. The first-order valence-corrected chi connectivity index (χ1v) is 11.2. The summed E-state index contributed by atoms with van der Waals surface area (Å²) in [4.78, 5) is 13.4. The highest BCUT2D eigenvalue weighted by atomic mass is 16.6. The van der Waals surface area contributed by atoms with Gasteiger partial charge in [-0.15, -0.1) is 0 Å². The predicted octanol–water partition coefficient (Wildman–Crippen LogP) is 4.35. The van der Waals surface area contributed by atoms with Gasteiger partial charge in [0.25, 0.3) is 0 Å². The van der Waals surface area contributed by atoms with Crippen LogP contribution in [0.1, 0.15) is 26.3 Å². The SMILES string of the molecule is C=CCOc1ccccc1OCC(O)CN(C/C=C/c1ccc(OC(C)=O)c(OC)c1)C(C)C. The molecule has 0 bridgehead atoms. The average Bonchev–Trinajstić information content (AvgIpc) is 2.81. The number of para-hydroxylation sites is 2. The van der Waals surface area contributed by atoms with Gasteiger partial charge in [-0.05, 0) is 43.7 Å². The third kappa shape index (κ3) is 8.92. The quantitative estimate of drug-likeness (QED) is 0.250. The van der Waals surface area contributed by atoms with E-state index in [0.29, 0.717) is 42.7 Å². The van der Waals surface area contributed by atoms with Crippen LogP contribution in [-0.2, 0) is 4.79 Å². The molecule has 0 heterocycles. The first-order chi connectivity index (χ1) is 16.3. The Morgan fingerprint density at radius 2 is 1.79 bits per heavy atom. The third-order valence-corrected chi connectivity index (χ3v) is 4.90. The fourth-order valence-electron chi connectivity index (χ4n) is 3.19. The van der Waals surface area contributed by atoms with Crippen molar-refractivity contribution in [2.75, 3.05) is 33.4 Å². The molecule has 0 amide bonds. The number of methoxy groups -OCH3 is 1. The molecule has 2 aromatic carbocycles. The van der Waals surface area contributed by atoms with Crippen molar-refractivity contribution < 1.29 is 28.8 Å². The van der Waals surface area contributed by atoms with Gasteiger partial charge in [-0.2, -0.15) is 0 Å². The van der Waals surface area contributed by atoms with Crippen molar-refractivity contribution in [1.82, 2.24) is 4.90 Å². The van der Waals surface area contributed by atoms with E-state index in [2.05, 4.69) is 25.3 Å². The standard InChI is InChI=1S/C27H35NO6/c1-6-16-32-24-11-7-8-12-25(24)33-19-23(30)18-28(20(2)3)15-9-10-22-13-14-26(34-21(4)29)27(17-22)31-5/h6-14,17,20,23,30H,1,15-16,18-19H2,2-5H3/b10-9+. The van der Waals surface area contributed by atoms with Crippen LogP contribution in [0.2, 0.25) is 0 Å². The molecule has 0 fully saturated rings. The van der Waals surface area contributed by atoms with E-state index in [9.17, 15) is 9.90 Å². The second kappa shape index (κ2) is 14.1. The largest absolute Gasteiger partial charge is 0.493 e. The lowest BCUT2D eigenvalue weighted by molar-refractivity contribution is -0.132. The lowest BCUT2D eigenvalue weighted by Crippen LogP contribution is -2.39. The van der Waals surface area contributed by atoms with Crippen LogP contribution in [0, 0.1) is 0 Å². The first-order valence-electron chi connectivity index (χ1n) is 11.2. The number of carbonyl (C=O) groups is 1. The maximum absolute atomic E-state index is 11.2. The summed E-state index contributed by atoms with van der Waals surface area (Å²) in [5, 5.41) is 10.6. The summed E-state index contributed by atoms with van der Waals surface area (Å²) in [5.41, 5.74) is 0.913. The number of carbonyl (C=O) groups excluding carboxylic acids is 1. The zero-order valence-electron chi connectivity index (χ0n) is 20.4. The third-order valence-electron chi connectivity index (χ3n) is 4.90. The molecule has 0 saturated carbocycles. The summed E-state index contributed by atoms with van der Waals surface area (Å²) in [6, 6.07) is 13.0. The second-order valence-electron chi connectivity index (χ2n) is 7.97. The summed E-state index contributed by atoms with van der Waals surface area (Å²) >= 11 is 0. The van der Waals surface area contributed by atoms with Crippen molar-refractivity contribution in [3.63, 3.8) is 0 Å². The van der Waals surface area contributed by atoms with Gasteiger partial charge in [0.15, 0.2) is 23.0 Å². The summed E-state index contributed by atoms with van der Waals surface area (Å²) in [6.07, 6.45) is 4.98. The van der Waals surface area contributed by atoms with Crippen molar-refractivity contribution in [3.8, 4) is 23.0 Å². The minimum atomic E-state index is -0.675. The molecule has 1 atom stereocenters. The van der Waals surface area contributed by atoms with E-state index in [-0.39, 0.29) is 12.6 Å². The van der Waals surface area contributed by atoms with E-state index in [1.54, 1.807) is 12.1 Å². The Kier molecular flexibility index (Phi) is 11.2. The van der Waals surface area contributed by atoms with Crippen LogP contribution in [0.4, 0.5) is 0 Å². The molecule has 0 aliphatic heterocycles. The molecule has 1 N–H and O–H groups in total. The normalized spacial score (nSPS) is 12.1. The first kappa shape index (κ1) is 27.0. The molecule has 0 saturated heterocycles. The van der Waals surface area contributed by atoms with Gasteiger partial charge in [0.1, 0.15) is 19.3 Å². The lowest BCUT2D eigenvalue weighted by atomic mass is 10.1. The molecule has 7 heteroatoms. The Hall–Kier alpha value is -3.29. The van der Waals surface area contributed by atoms with Gasteiger partial charge in [-0.1, -0.05) is 43.0 Å². The number of aliphatic hydroxyl groups excluding tert-OH is 1. The van der Waals surface area contributed by atoms with E-state index >= 15 is 0 Å². The van der Waals surface area contributed by atoms with E-state index < -0.39 is 12.1 Å². The van der Waals surface area contributed by atoms with E-state index in [0.717, 1.165) is 5.56 Å². The molecular formula is C27H35NO6. The fraction of sp³-hybridized carbons (Fsp3) is 0.370. The molecule has 34 heavy (non-hydrogen) atoms. The maximum atomic E-state index is 11.2. The molecule has 0 spiro atoms. The van der Waals surface area contributed by atoms with Crippen molar-refractivity contribution >= 4 is 12.0 Å². The molecule has 0 aliphatic rings. The molecule has 0 aliphatic carbocycles. The molecule has 0 radical (unpaired) electrons. The number of hydrogen-bond donors (Lipinski definition) is 1. The van der Waals surface area contributed by atoms with Crippen molar-refractivity contribution in [3.05, 3.63) is 66.8 Å². The van der Waals surface area contributed by atoms with Gasteiger partial charge < -0.3 is 24.1 Å². The molecule has 1 unspecified atom stereocenters. The summed E-state index contributed by atoms with van der Waals surface area (Å²) in [6.45, 7) is 10.8. The topological polar surface area (TPSA) is 77.5 Å². The van der Waals surface area contributed by atoms with Gasteiger partial charge in [0, 0.05) is 26.1 Å². The summed E-state index contributed by atoms with van der Waals surface area (Å²) in [7, 11) is 1.53. The average molecular weight is 470 g/mol. The van der Waals surface area contributed by atoms with Crippen molar-refractivity contribution in [1.29, 1.82) is 0 Å². The molecule has 2 rings (SSSR count). The lowest BCUT2D eigenvalue weighted by Gasteiger charge is -2.27. The molecular weight excluding hydrogens is 434 g/mol. The minimum Gasteiger partial charge on any atom is -0.493 e. The van der Waals surface area contributed by atoms with Crippen LogP contribution in [0.3, 0.4) is 0 Å². The number of esters is 1. The number of nitrogens with zero attached hydrogens (tertiary/aromatic N) is 1. The van der Waals surface area contributed by atoms with Gasteiger partial charge >= 0.3 is 5.97 Å². The minimum absolute atomic E-state index is 0.149. The van der Waals surface area contributed by atoms with E-state index in [1.165, 1.54) is 14.0 Å². The Labute approximate surface area is 202 Å². The van der Waals surface area contributed by atoms with Crippen LogP contribution in [-0.4, -0.2) is 61.5 Å². The van der Waals surface area contributed by atoms with Crippen LogP contribution < -0.4 is 18.9 Å². The Bertz CT molecular complexity index is 956. The summed E-state index contributed by atoms with van der Waals surface area (Å²) < 4.78 is 21.9. The number of ether oxygens (including phenoxy) is 4. The highest BCUT2D eigenvalue weighted by molar-refractivity contribution is 5.71. The van der Waals surface area contributed by atoms with E-state index in [1.807, 2.05) is 48.6 Å². The van der Waals surface area contributed by atoms with Crippen molar-refractivity contribution in [2.24, 2.45) is 0 Å². The van der Waals surface area contributed by atoms with Crippen LogP contribution in [0.25, 0.3) is 6.08 Å². The van der Waals surface area contributed by atoms with Crippen LogP contribution >= 0.6 is 0 Å². The van der Waals surface area contributed by atoms with Gasteiger partial charge in [0.2, 0.25) is 0 Å².